The molecule has 0 aliphatic heterocycles. The number of rotatable bonds is 6. The zero-order valence-corrected chi connectivity index (χ0v) is 13.1. The monoisotopic (exact) mass is 281 g/mol. The van der Waals surface area contributed by atoms with Crippen molar-refractivity contribution in [3.05, 3.63) is 34.9 Å². The van der Waals surface area contributed by atoms with E-state index < -0.39 is 0 Å². The van der Waals surface area contributed by atoms with Crippen LogP contribution >= 0.6 is 11.6 Å². The molecule has 0 bridgehead atoms. The highest BCUT2D eigenvalue weighted by molar-refractivity contribution is 6.18. The Morgan fingerprint density at radius 2 is 1.68 bits per heavy atom. The van der Waals surface area contributed by atoms with Crippen LogP contribution in [0.3, 0.4) is 0 Å². The lowest BCUT2D eigenvalue weighted by atomic mass is 10.0. The highest BCUT2D eigenvalue weighted by Crippen LogP contribution is 2.16. The van der Waals surface area contributed by atoms with Crippen molar-refractivity contribution in [3.8, 4) is 0 Å². The number of carbonyl (C=O) groups is 1. The number of aryl methyl sites for hydroxylation is 2. The molecule has 0 aliphatic carbocycles. The van der Waals surface area contributed by atoms with Gasteiger partial charge in [0.15, 0.2) is 0 Å². The number of hydrogen-bond donors (Lipinski definition) is 0. The van der Waals surface area contributed by atoms with Crippen LogP contribution in [0.1, 0.15) is 48.2 Å². The maximum Gasteiger partial charge on any atom is 0.254 e. The number of amides is 1. The molecule has 1 amide bonds. The Hall–Kier alpha value is -1.02. The molecule has 0 heterocycles. The van der Waals surface area contributed by atoms with Gasteiger partial charge in [-0.2, -0.15) is 0 Å². The van der Waals surface area contributed by atoms with Crippen LogP contribution in [0.2, 0.25) is 0 Å². The molecular formula is C16H24ClNO. The van der Waals surface area contributed by atoms with Gasteiger partial charge >= 0.3 is 0 Å². The topological polar surface area (TPSA) is 20.3 Å². The Bertz CT molecular complexity index is 407. The van der Waals surface area contributed by atoms with Crippen LogP contribution in [0.25, 0.3) is 0 Å². The molecule has 0 fully saturated rings. The number of carbonyl (C=O) groups excluding carboxylic acids is 1. The lowest BCUT2D eigenvalue weighted by Gasteiger charge is -2.30. The Labute approximate surface area is 121 Å². The Balaban J connectivity index is 3.04. The predicted molar refractivity (Wildman–Crippen MR) is 82.0 cm³/mol. The number of hydrogen-bond acceptors (Lipinski definition) is 1. The average molecular weight is 282 g/mol. The van der Waals surface area contributed by atoms with Crippen molar-refractivity contribution in [3.63, 3.8) is 0 Å². The van der Waals surface area contributed by atoms with E-state index in [1.165, 1.54) is 0 Å². The van der Waals surface area contributed by atoms with Gasteiger partial charge in [0.2, 0.25) is 0 Å². The van der Waals surface area contributed by atoms with Crippen molar-refractivity contribution in [2.75, 3.05) is 12.4 Å². The van der Waals surface area contributed by atoms with Crippen LogP contribution in [0.4, 0.5) is 0 Å². The molecule has 1 rings (SSSR count). The summed E-state index contributed by atoms with van der Waals surface area (Å²) in [7, 11) is 0. The molecular weight excluding hydrogens is 258 g/mol. The Morgan fingerprint density at radius 3 is 2.11 bits per heavy atom. The standard InChI is InChI=1S/C16H24ClNO/c1-5-15(6-2)18(8-7-17)16(19)14-10-12(3)9-13(4)11-14/h9-11,15H,5-8H2,1-4H3. The summed E-state index contributed by atoms with van der Waals surface area (Å²) < 4.78 is 0. The van der Waals surface area contributed by atoms with Gasteiger partial charge in [-0.15, -0.1) is 11.6 Å². The third-order valence-electron chi connectivity index (χ3n) is 3.44. The van der Waals surface area contributed by atoms with Crippen molar-refractivity contribution in [1.82, 2.24) is 4.90 Å². The summed E-state index contributed by atoms with van der Waals surface area (Å²) in [6, 6.07) is 6.27. The molecule has 0 unspecified atom stereocenters. The molecule has 0 N–H and O–H groups in total. The molecule has 0 atom stereocenters. The maximum atomic E-state index is 12.7. The van der Waals surface area contributed by atoms with Crippen LogP contribution in [0.5, 0.6) is 0 Å². The fraction of sp³-hybridized carbons (Fsp3) is 0.562. The summed E-state index contributed by atoms with van der Waals surface area (Å²) >= 11 is 5.85. The van der Waals surface area contributed by atoms with Crippen molar-refractivity contribution < 1.29 is 4.79 Å². The van der Waals surface area contributed by atoms with Gasteiger partial charge in [0.05, 0.1) is 0 Å². The zero-order chi connectivity index (χ0) is 14.4. The molecule has 1 aromatic rings. The average Bonchev–Trinajstić information content (AvgIpc) is 2.37. The number of alkyl halides is 1. The minimum absolute atomic E-state index is 0.0983. The van der Waals surface area contributed by atoms with Gasteiger partial charge in [-0.25, -0.2) is 0 Å². The zero-order valence-electron chi connectivity index (χ0n) is 12.4. The third-order valence-corrected chi connectivity index (χ3v) is 3.61. The maximum absolute atomic E-state index is 12.7. The van der Waals surface area contributed by atoms with E-state index in [1.54, 1.807) is 0 Å². The van der Waals surface area contributed by atoms with E-state index in [-0.39, 0.29) is 11.9 Å². The number of halogens is 1. The van der Waals surface area contributed by atoms with E-state index >= 15 is 0 Å². The lowest BCUT2D eigenvalue weighted by molar-refractivity contribution is 0.0681. The van der Waals surface area contributed by atoms with Gasteiger partial charge in [-0.1, -0.05) is 31.0 Å². The first-order valence-electron chi connectivity index (χ1n) is 6.98. The highest BCUT2D eigenvalue weighted by Gasteiger charge is 2.22. The molecule has 0 aliphatic rings. The van der Waals surface area contributed by atoms with Crippen molar-refractivity contribution in [1.29, 1.82) is 0 Å². The molecule has 0 saturated carbocycles. The lowest BCUT2D eigenvalue weighted by Crippen LogP contribution is -2.41. The molecule has 1 aromatic carbocycles. The first-order chi connectivity index (χ1) is 9.03. The summed E-state index contributed by atoms with van der Waals surface area (Å²) in [5, 5.41) is 0. The molecule has 19 heavy (non-hydrogen) atoms. The second-order valence-electron chi connectivity index (χ2n) is 5.03. The van der Waals surface area contributed by atoms with Gasteiger partial charge in [0.1, 0.15) is 0 Å². The van der Waals surface area contributed by atoms with Crippen LogP contribution in [0.15, 0.2) is 18.2 Å². The fourth-order valence-corrected chi connectivity index (χ4v) is 2.72. The summed E-state index contributed by atoms with van der Waals surface area (Å²) in [5.74, 6) is 0.577. The van der Waals surface area contributed by atoms with Gasteiger partial charge in [0, 0.05) is 24.0 Å². The summed E-state index contributed by atoms with van der Waals surface area (Å²) in [5.41, 5.74) is 3.02. The molecule has 106 valence electrons. The number of benzene rings is 1. The first-order valence-corrected chi connectivity index (χ1v) is 7.52. The van der Waals surface area contributed by atoms with E-state index in [0.29, 0.717) is 12.4 Å². The SMILES string of the molecule is CCC(CC)N(CCCl)C(=O)c1cc(C)cc(C)c1. The molecule has 0 radical (unpaired) electrons. The molecule has 0 spiro atoms. The Kier molecular flexibility index (Phi) is 6.36. The number of nitrogens with zero attached hydrogens (tertiary/aromatic N) is 1. The van der Waals surface area contributed by atoms with Gasteiger partial charge in [0.25, 0.3) is 5.91 Å². The quantitative estimate of drug-likeness (QED) is 0.717. The molecule has 0 saturated heterocycles. The Morgan fingerprint density at radius 1 is 1.16 bits per heavy atom. The van der Waals surface area contributed by atoms with E-state index in [4.69, 9.17) is 11.6 Å². The summed E-state index contributed by atoms with van der Waals surface area (Å²) in [6.07, 6.45) is 1.92. The highest BCUT2D eigenvalue weighted by atomic mass is 35.5. The molecule has 2 nitrogen and oxygen atoms in total. The molecule has 0 aromatic heterocycles. The second kappa shape index (κ2) is 7.54. The van der Waals surface area contributed by atoms with E-state index in [1.807, 2.05) is 30.9 Å². The second-order valence-corrected chi connectivity index (χ2v) is 5.41. The molecule has 3 heteroatoms. The van der Waals surface area contributed by atoms with Crippen molar-refractivity contribution in [2.45, 2.75) is 46.6 Å². The predicted octanol–water partition coefficient (Wildman–Crippen LogP) is 4.17. The largest absolute Gasteiger partial charge is 0.334 e. The van der Waals surface area contributed by atoms with Gasteiger partial charge in [-0.05, 0) is 38.8 Å². The summed E-state index contributed by atoms with van der Waals surface area (Å²) in [6.45, 7) is 8.88. The fourth-order valence-electron chi connectivity index (χ4n) is 2.53. The third kappa shape index (κ3) is 4.24. The van der Waals surface area contributed by atoms with Crippen LogP contribution in [-0.4, -0.2) is 29.3 Å². The van der Waals surface area contributed by atoms with E-state index in [0.717, 1.165) is 29.5 Å². The van der Waals surface area contributed by atoms with Gasteiger partial charge < -0.3 is 4.90 Å². The first kappa shape index (κ1) is 16.0. The van der Waals surface area contributed by atoms with Crippen LogP contribution in [-0.2, 0) is 0 Å². The normalized spacial score (nSPS) is 10.8. The van der Waals surface area contributed by atoms with Crippen LogP contribution in [0, 0.1) is 13.8 Å². The minimum Gasteiger partial charge on any atom is -0.334 e. The summed E-state index contributed by atoms with van der Waals surface area (Å²) in [4.78, 5) is 14.6. The van der Waals surface area contributed by atoms with Gasteiger partial charge in [-0.3, -0.25) is 4.79 Å². The van der Waals surface area contributed by atoms with E-state index in [9.17, 15) is 4.79 Å². The smallest absolute Gasteiger partial charge is 0.254 e. The van der Waals surface area contributed by atoms with Crippen LogP contribution < -0.4 is 0 Å². The van der Waals surface area contributed by atoms with Crippen molar-refractivity contribution in [2.24, 2.45) is 0 Å². The minimum atomic E-state index is 0.0983. The van der Waals surface area contributed by atoms with E-state index in [2.05, 4.69) is 19.9 Å². The van der Waals surface area contributed by atoms with Crippen molar-refractivity contribution >= 4 is 17.5 Å².